The molecular weight excluding hydrogens is 260 g/mol. The second kappa shape index (κ2) is 5.94. The molecule has 2 rings (SSSR count). The molecule has 1 aliphatic carbocycles. The zero-order valence-electron chi connectivity index (χ0n) is 11.5. The zero-order chi connectivity index (χ0) is 14.6. The lowest BCUT2D eigenvalue weighted by Gasteiger charge is -2.35. The highest BCUT2D eigenvalue weighted by Gasteiger charge is 2.41. The van der Waals surface area contributed by atoms with E-state index in [1.807, 2.05) is 0 Å². The number of nitrogens with zero attached hydrogens (tertiary/aromatic N) is 1. The molecular formula is C13H20N4O3. The smallest absolute Gasteiger partial charge is 0.319 e. The number of hydrogen-bond acceptors (Lipinski definition) is 3. The summed E-state index contributed by atoms with van der Waals surface area (Å²) in [5, 5.41) is 21.0. The third kappa shape index (κ3) is 3.28. The monoisotopic (exact) mass is 280 g/mol. The number of anilines is 1. The van der Waals surface area contributed by atoms with Crippen LogP contribution in [0.1, 0.15) is 32.6 Å². The van der Waals surface area contributed by atoms with Gasteiger partial charge in [0.2, 0.25) is 0 Å². The standard InChI is InChI=1S/C13H20N4O3/c1-9-2-4-13(5-3-9,11(18)19)8-14-12(20)17-10-6-15-16-7-10/h6-7,9H,2-5,8H2,1H3,(H,15,16)(H,18,19)(H2,14,17,20). The van der Waals surface area contributed by atoms with E-state index in [9.17, 15) is 14.7 Å². The van der Waals surface area contributed by atoms with E-state index >= 15 is 0 Å². The summed E-state index contributed by atoms with van der Waals surface area (Å²) in [5.41, 5.74) is -0.288. The van der Waals surface area contributed by atoms with Gasteiger partial charge in [-0.15, -0.1) is 0 Å². The summed E-state index contributed by atoms with van der Waals surface area (Å²) in [5.74, 6) is -0.268. The third-order valence-corrected chi connectivity index (χ3v) is 4.03. The Labute approximate surface area is 117 Å². The number of amides is 2. The predicted molar refractivity (Wildman–Crippen MR) is 73.3 cm³/mol. The molecule has 1 aromatic heterocycles. The van der Waals surface area contributed by atoms with Crippen LogP contribution >= 0.6 is 0 Å². The van der Waals surface area contributed by atoms with Gasteiger partial charge in [0, 0.05) is 12.7 Å². The average molecular weight is 280 g/mol. The molecule has 1 aromatic rings. The van der Waals surface area contributed by atoms with E-state index in [4.69, 9.17) is 0 Å². The van der Waals surface area contributed by atoms with Crippen LogP contribution in [0.3, 0.4) is 0 Å². The molecule has 7 heteroatoms. The quantitative estimate of drug-likeness (QED) is 0.674. The van der Waals surface area contributed by atoms with Crippen molar-refractivity contribution in [3.63, 3.8) is 0 Å². The van der Waals surface area contributed by atoms with Gasteiger partial charge in [0.15, 0.2) is 0 Å². The Morgan fingerprint density at radius 2 is 2.20 bits per heavy atom. The van der Waals surface area contributed by atoms with E-state index < -0.39 is 17.4 Å². The summed E-state index contributed by atoms with van der Waals surface area (Å²) < 4.78 is 0. The van der Waals surface area contributed by atoms with Crippen molar-refractivity contribution >= 4 is 17.7 Å². The van der Waals surface area contributed by atoms with Crippen LogP contribution in [-0.2, 0) is 4.79 Å². The molecule has 0 aromatic carbocycles. The molecule has 1 saturated carbocycles. The van der Waals surface area contributed by atoms with Crippen LogP contribution in [0.5, 0.6) is 0 Å². The lowest BCUT2D eigenvalue weighted by molar-refractivity contribution is -0.151. The Balaban J connectivity index is 1.89. The van der Waals surface area contributed by atoms with Crippen LogP contribution in [-0.4, -0.2) is 33.8 Å². The van der Waals surface area contributed by atoms with Gasteiger partial charge in [0.1, 0.15) is 0 Å². The molecule has 4 N–H and O–H groups in total. The third-order valence-electron chi connectivity index (χ3n) is 4.03. The van der Waals surface area contributed by atoms with Gasteiger partial charge in [-0.2, -0.15) is 5.10 Å². The topological polar surface area (TPSA) is 107 Å². The van der Waals surface area contributed by atoms with Crippen molar-refractivity contribution in [2.45, 2.75) is 32.6 Å². The summed E-state index contributed by atoms with van der Waals surface area (Å²) in [6.45, 7) is 2.28. The Kier molecular flexibility index (Phi) is 4.26. The van der Waals surface area contributed by atoms with Gasteiger partial charge < -0.3 is 15.7 Å². The number of H-pyrrole nitrogens is 1. The lowest BCUT2D eigenvalue weighted by Crippen LogP contribution is -2.46. The van der Waals surface area contributed by atoms with Gasteiger partial charge in [-0.05, 0) is 31.6 Å². The first kappa shape index (κ1) is 14.4. The number of urea groups is 1. The van der Waals surface area contributed by atoms with Gasteiger partial charge >= 0.3 is 12.0 Å². The fraction of sp³-hybridized carbons (Fsp3) is 0.615. The fourth-order valence-electron chi connectivity index (χ4n) is 2.52. The number of aromatic nitrogens is 2. The maximum Gasteiger partial charge on any atom is 0.319 e. The average Bonchev–Trinajstić information content (AvgIpc) is 2.91. The van der Waals surface area contributed by atoms with E-state index in [2.05, 4.69) is 27.8 Å². The first-order chi connectivity index (χ1) is 9.52. The number of carbonyl (C=O) groups is 2. The number of nitrogens with one attached hydrogen (secondary N) is 3. The molecule has 0 unspecified atom stereocenters. The Bertz CT molecular complexity index is 464. The van der Waals surface area contributed by atoms with Gasteiger partial charge in [0.25, 0.3) is 0 Å². The van der Waals surface area contributed by atoms with Crippen LogP contribution in [0.15, 0.2) is 12.4 Å². The highest BCUT2D eigenvalue weighted by Crippen LogP contribution is 2.38. The molecule has 0 aliphatic heterocycles. The molecule has 0 bridgehead atoms. The van der Waals surface area contributed by atoms with Crippen molar-refractivity contribution in [2.75, 3.05) is 11.9 Å². The minimum absolute atomic E-state index is 0.152. The fourth-order valence-corrected chi connectivity index (χ4v) is 2.52. The van der Waals surface area contributed by atoms with E-state index in [0.29, 0.717) is 24.4 Å². The molecule has 1 heterocycles. The highest BCUT2D eigenvalue weighted by molar-refractivity contribution is 5.89. The molecule has 7 nitrogen and oxygen atoms in total. The first-order valence-corrected chi connectivity index (χ1v) is 6.79. The van der Waals surface area contributed by atoms with Crippen molar-refractivity contribution in [3.8, 4) is 0 Å². The summed E-state index contributed by atoms with van der Waals surface area (Å²) in [6, 6.07) is -0.411. The Hall–Kier alpha value is -2.05. The van der Waals surface area contributed by atoms with Gasteiger partial charge in [-0.1, -0.05) is 6.92 Å². The van der Waals surface area contributed by atoms with Gasteiger partial charge in [-0.25, -0.2) is 4.79 Å². The number of carboxylic acid groups (broad SMARTS) is 1. The largest absolute Gasteiger partial charge is 0.481 e. The van der Waals surface area contributed by atoms with E-state index in [1.165, 1.54) is 6.20 Å². The minimum Gasteiger partial charge on any atom is -0.481 e. The zero-order valence-corrected chi connectivity index (χ0v) is 11.5. The molecule has 0 atom stereocenters. The van der Waals surface area contributed by atoms with E-state index in [0.717, 1.165) is 12.8 Å². The van der Waals surface area contributed by atoms with Crippen molar-refractivity contribution in [1.82, 2.24) is 15.5 Å². The van der Waals surface area contributed by atoms with E-state index in [1.54, 1.807) is 6.20 Å². The molecule has 1 aliphatic rings. The number of hydrogen-bond donors (Lipinski definition) is 4. The molecule has 2 amide bonds. The SMILES string of the molecule is CC1CCC(CNC(=O)Nc2cn[nH]c2)(C(=O)O)CC1. The number of aliphatic carboxylic acids is 1. The summed E-state index contributed by atoms with van der Waals surface area (Å²) in [7, 11) is 0. The van der Waals surface area contributed by atoms with Crippen molar-refractivity contribution in [1.29, 1.82) is 0 Å². The second-order valence-electron chi connectivity index (χ2n) is 5.56. The van der Waals surface area contributed by atoms with Gasteiger partial charge in [-0.3, -0.25) is 9.89 Å². The maximum absolute atomic E-state index is 11.7. The van der Waals surface area contributed by atoms with Crippen molar-refractivity contribution in [2.24, 2.45) is 11.3 Å². The maximum atomic E-state index is 11.7. The van der Waals surface area contributed by atoms with Crippen LogP contribution in [0.25, 0.3) is 0 Å². The highest BCUT2D eigenvalue weighted by atomic mass is 16.4. The van der Waals surface area contributed by atoms with Crippen LogP contribution < -0.4 is 10.6 Å². The molecule has 20 heavy (non-hydrogen) atoms. The van der Waals surface area contributed by atoms with Crippen LogP contribution in [0.2, 0.25) is 0 Å². The molecule has 0 saturated heterocycles. The van der Waals surface area contributed by atoms with Gasteiger partial charge in [0.05, 0.1) is 17.3 Å². The van der Waals surface area contributed by atoms with Crippen LogP contribution in [0.4, 0.5) is 10.5 Å². The molecule has 1 fully saturated rings. The van der Waals surface area contributed by atoms with Crippen molar-refractivity contribution < 1.29 is 14.7 Å². The molecule has 110 valence electrons. The molecule has 0 spiro atoms. The lowest BCUT2D eigenvalue weighted by atomic mass is 9.71. The second-order valence-corrected chi connectivity index (χ2v) is 5.56. The summed E-state index contributed by atoms with van der Waals surface area (Å²) in [6.07, 6.45) is 6.02. The first-order valence-electron chi connectivity index (χ1n) is 6.79. The molecule has 0 radical (unpaired) electrons. The normalized spacial score (nSPS) is 25.9. The number of carbonyl (C=O) groups excluding carboxylic acids is 1. The Morgan fingerprint density at radius 3 is 2.75 bits per heavy atom. The predicted octanol–water partition coefficient (Wildman–Crippen LogP) is 1.81. The number of carboxylic acids is 1. The van der Waals surface area contributed by atoms with Crippen LogP contribution in [0, 0.1) is 11.3 Å². The summed E-state index contributed by atoms with van der Waals surface area (Å²) in [4.78, 5) is 23.3. The number of rotatable bonds is 4. The number of aromatic amines is 1. The van der Waals surface area contributed by atoms with E-state index in [-0.39, 0.29) is 6.54 Å². The Morgan fingerprint density at radius 1 is 1.50 bits per heavy atom. The summed E-state index contributed by atoms with van der Waals surface area (Å²) >= 11 is 0. The van der Waals surface area contributed by atoms with Crippen molar-refractivity contribution in [3.05, 3.63) is 12.4 Å². The minimum atomic E-state index is -0.833.